The van der Waals surface area contributed by atoms with E-state index in [4.69, 9.17) is 9.05 Å². The lowest BCUT2D eigenvalue weighted by atomic mass is 10.0. The SMILES string of the molecule is CCCCCCCCC/C=C/CC/C=C/[C@@H](O)[C@H](COP(=O)([O-])OCC[N+](C)(C)C)NC(=O)CCCCCCCCCCCCCCCCCCCC. The van der Waals surface area contributed by atoms with Crippen molar-refractivity contribution in [2.75, 3.05) is 40.9 Å². The van der Waals surface area contributed by atoms with E-state index in [0.29, 0.717) is 17.4 Å². The second-order valence-corrected chi connectivity index (χ2v) is 17.8. The lowest BCUT2D eigenvalue weighted by Gasteiger charge is -2.29. The Kier molecular flexibility index (Phi) is 35.9. The van der Waals surface area contributed by atoms with Gasteiger partial charge in [-0.3, -0.25) is 9.36 Å². The van der Waals surface area contributed by atoms with Gasteiger partial charge >= 0.3 is 0 Å². The first-order valence-electron chi connectivity index (χ1n) is 22.2. The van der Waals surface area contributed by atoms with Gasteiger partial charge in [0, 0.05) is 6.42 Å². The molecular formula is C44H87N2O6P. The molecule has 314 valence electrons. The van der Waals surface area contributed by atoms with Gasteiger partial charge in [0.1, 0.15) is 13.2 Å². The van der Waals surface area contributed by atoms with Gasteiger partial charge < -0.3 is 28.8 Å². The Morgan fingerprint density at radius 3 is 1.53 bits per heavy atom. The lowest BCUT2D eigenvalue weighted by Crippen LogP contribution is -2.45. The smallest absolute Gasteiger partial charge is 0.268 e. The van der Waals surface area contributed by atoms with Crippen LogP contribution in [0.25, 0.3) is 0 Å². The van der Waals surface area contributed by atoms with Crippen molar-refractivity contribution in [3.8, 4) is 0 Å². The zero-order valence-electron chi connectivity index (χ0n) is 35.5. The summed E-state index contributed by atoms with van der Waals surface area (Å²) in [5.74, 6) is -0.206. The van der Waals surface area contributed by atoms with Crippen molar-refractivity contribution >= 4 is 13.7 Å². The number of carbonyl (C=O) groups is 1. The van der Waals surface area contributed by atoms with Crippen molar-refractivity contribution in [1.82, 2.24) is 5.32 Å². The predicted octanol–water partition coefficient (Wildman–Crippen LogP) is 11.5. The van der Waals surface area contributed by atoms with Crippen molar-refractivity contribution in [2.24, 2.45) is 0 Å². The number of phosphoric acid groups is 1. The third kappa shape index (κ3) is 39.0. The normalized spacial score (nSPS) is 14.6. The molecule has 0 fully saturated rings. The molecule has 8 nitrogen and oxygen atoms in total. The monoisotopic (exact) mass is 771 g/mol. The summed E-state index contributed by atoms with van der Waals surface area (Å²) in [6, 6.07) is -0.897. The minimum Gasteiger partial charge on any atom is -0.756 e. The molecule has 0 bridgehead atoms. The first-order chi connectivity index (χ1) is 25.5. The van der Waals surface area contributed by atoms with Crippen molar-refractivity contribution in [3.63, 3.8) is 0 Å². The van der Waals surface area contributed by atoms with Gasteiger partial charge in [0.2, 0.25) is 5.91 Å². The van der Waals surface area contributed by atoms with Gasteiger partial charge in [-0.25, -0.2) is 0 Å². The number of nitrogens with zero attached hydrogens (tertiary/aromatic N) is 1. The van der Waals surface area contributed by atoms with Crippen molar-refractivity contribution < 1.29 is 32.9 Å². The van der Waals surface area contributed by atoms with E-state index in [1.807, 2.05) is 27.2 Å². The first-order valence-corrected chi connectivity index (χ1v) is 23.7. The van der Waals surface area contributed by atoms with E-state index in [0.717, 1.165) is 38.5 Å². The molecule has 0 aliphatic rings. The molecule has 1 unspecified atom stereocenters. The van der Waals surface area contributed by atoms with Crippen LogP contribution in [0.4, 0.5) is 0 Å². The molecule has 3 atom stereocenters. The van der Waals surface area contributed by atoms with E-state index in [1.54, 1.807) is 6.08 Å². The summed E-state index contributed by atoms with van der Waals surface area (Å²) in [7, 11) is 1.25. The van der Waals surface area contributed by atoms with Crippen LogP contribution in [0.15, 0.2) is 24.3 Å². The van der Waals surface area contributed by atoms with Crippen LogP contribution in [0.2, 0.25) is 0 Å². The van der Waals surface area contributed by atoms with Crippen molar-refractivity contribution in [3.05, 3.63) is 24.3 Å². The fraction of sp³-hybridized carbons (Fsp3) is 0.886. The minimum absolute atomic E-state index is 0.00437. The molecule has 0 rings (SSSR count). The molecule has 0 radical (unpaired) electrons. The van der Waals surface area contributed by atoms with E-state index in [2.05, 4.69) is 31.3 Å². The summed E-state index contributed by atoms with van der Waals surface area (Å²) in [4.78, 5) is 25.3. The molecule has 0 aromatic rings. The molecule has 0 saturated carbocycles. The van der Waals surface area contributed by atoms with E-state index in [-0.39, 0.29) is 19.1 Å². The van der Waals surface area contributed by atoms with E-state index in [1.165, 1.54) is 141 Å². The molecule has 0 spiro atoms. The molecule has 0 aromatic carbocycles. The lowest BCUT2D eigenvalue weighted by molar-refractivity contribution is -0.870. The van der Waals surface area contributed by atoms with Gasteiger partial charge in [0.15, 0.2) is 0 Å². The molecule has 0 saturated heterocycles. The third-order valence-corrected chi connectivity index (χ3v) is 10.9. The maximum Gasteiger partial charge on any atom is 0.268 e. The van der Waals surface area contributed by atoms with Crippen molar-refractivity contribution in [2.45, 2.75) is 212 Å². The van der Waals surface area contributed by atoms with Crippen LogP contribution < -0.4 is 10.2 Å². The Hall–Kier alpha value is -1.02. The average molecular weight is 771 g/mol. The van der Waals surface area contributed by atoms with Gasteiger partial charge in [-0.05, 0) is 32.1 Å². The zero-order valence-corrected chi connectivity index (χ0v) is 36.4. The molecule has 9 heteroatoms. The second kappa shape index (κ2) is 36.6. The van der Waals surface area contributed by atoms with E-state index in [9.17, 15) is 19.4 Å². The maximum atomic E-state index is 12.8. The predicted molar refractivity (Wildman–Crippen MR) is 224 cm³/mol. The van der Waals surface area contributed by atoms with Crippen LogP contribution in [-0.4, -0.2) is 68.5 Å². The Balaban J connectivity index is 4.41. The number of unbranched alkanes of at least 4 members (excludes halogenated alkanes) is 25. The number of hydrogen-bond acceptors (Lipinski definition) is 6. The molecule has 0 aromatic heterocycles. The second-order valence-electron chi connectivity index (χ2n) is 16.4. The van der Waals surface area contributed by atoms with Gasteiger partial charge in [-0.1, -0.05) is 186 Å². The molecule has 1 amide bonds. The summed E-state index contributed by atoms with van der Waals surface area (Å²) in [5.41, 5.74) is 0. The van der Waals surface area contributed by atoms with Crippen LogP contribution in [0, 0.1) is 0 Å². The summed E-state index contributed by atoms with van der Waals surface area (Å²) in [5, 5.41) is 13.7. The minimum atomic E-state index is -4.59. The number of rotatable bonds is 40. The summed E-state index contributed by atoms with van der Waals surface area (Å²) < 4.78 is 23.2. The zero-order chi connectivity index (χ0) is 39.3. The molecule has 0 aliphatic carbocycles. The number of phosphoric ester groups is 1. The number of amides is 1. The summed E-state index contributed by atoms with van der Waals surface area (Å²) >= 11 is 0. The quantitative estimate of drug-likeness (QED) is 0.0278. The maximum absolute atomic E-state index is 12.8. The Bertz CT molecular complexity index is 922. The number of nitrogens with one attached hydrogen (secondary N) is 1. The van der Waals surface area contributed by atoms with Gasteiger partial charge in [-0.15, -0.1) is 0 Å². The van der Waals surface area contributed by atoms with E-state index >= 15 is 0 Å². The molecule has 0 aliphatic heterocycles. The van der Waals surface area contributed by atoms with Crippen LogP contribution >= 0.6 is 7.82 Å². The fourth-order valence-electron chi connectivity index (χ4n) is 6.34. The molecular weight excluding hydrogens is 683 g/mol. The number of aliphatic hydroxyl groups excluding tert-OH is 1. The third-order valence-electron chi connectivity index (χ3n) is 9.91. The number of carbonyl (C=O) groups excluding carboxylic acids is 1. The number of allylic oxidation sites excluding steroid dienone is 3. The number of quaternary nitrogens is 1. The Morgan fingerprint density at radius 1 is 0.642 bits per heavy atom. The Morgan fingerprint density at radius 2 is 1.06 bits per heavy atom. The molecule has 0 heterocycles. The number of aliphatic hydroxyl groups is 1. The highest BCUT2D eigenvalue weighted by Crippen LogP contribution is 2.38. The van der Waals surface area contributed by atoms with Crippen LogP contribution in [0.1, 0.15) is 200 Å². The topological polar surface area (TPSA) is 108 Å². The highest BCUT2D eigenvalue weighted by molar-refractivity contribution is 7.45. The largest absolute Gasteiger partial charge is 0.756 e. The highest BCUT2D eigenvalue weighted by atomic mass is 31.2. The highest BCUT2D eigenvalue weighted by Gasteiger charge is 2.23. The number of likely N-dealkylation sites (N-methyl/N-ethyl adjacent to an activating group) is 1. The van der Waals surface area contributed by atoms with Crippen LogP contribution in [-0.2, 0) is 18.4 Å². The van der Waals surface area contributed by atoms with Crippen molar-refractivity contribution in [1.29, 1.82) is 0 Å². The number of hydrogen-bond donors (Lipinski definition) is 2. The van der Waals surface area contributed by atoms with Crippen LogP contribution in [0.3, 0.4) is 0 Å². The van der Waals surface area contributed by atoms with Gasteiger partial charge in [-0.2, -0.15) is 0 Å². The summed E-state index contributed by atoms with van der Waals surface area (Å²) in [6.45, 7) is 4.62. The standard InChI is InChI=1S/C44H87N2O6P/c1-6-8-10-12-14-16-18-20-21-22-23-24-26-28-30-32-34-36-38-44(48)45-42(41-52-53(49,50)51-40-39-46(3,4)5)43(47)37-35-33-31-29-27-25-19-17-15-13-11-9-7-2/h27,29,35,37,42-43,47H,6-26,28,30-34,36,38-41H2,1-5H3,(H-,45,48,49,50)/b29-27+,37-35+/t42-,43+/m0/s1. The van der Waals surface area contributed by atoms with E-state index < -0.39 is 20.0 Å². The summed E-state index contributed by atoms with van der Waals surface area (Å²) in [6.07, 6.45) is 42.2. The average Bonchev–Trinajstić information content (AvgIpc) is 3.10. The van der Waals surface area contributed by atoms with Gasteiger partial charge in [0.05, 0.1) is 39.9 Å². The molecule has 53 heavy (non-hydrogen) atoms. The first kappa shape index (κ1) is 52.0. The fourth-order valence-corrected chi connectivity index (χ4v) is 7.07. The van der Waals surface area contributed by atoms with Gasteiger partial charge in [0.25, 0.3) is 7.82 Å². The molecule has 2 N–H and O–H groups in total. The Labute approximate surface area is 328 Å². The van der Waals surface area contributed by atoms with Crippen LogP contribution in [0.5, 0.6) is 0 Å².